The van der Waals surface area contributed by atoms with Crippen molar-refractivity contribution in [2.24, 2.45) is 11.1 Å². The fraction of sp³-hybridized carbons (Fsp3) is 0.552. The van der Waals surface area contributed by atoms with Gasteiger partial charge in [0.05, 0.1) is 29.0 Å². The fourth-order valence-electron chi connectivity index (χ4n) is 5.65. The molecule has 41 heavy (non-hydrogen) atoms. The molecule has 0 spiro atoms. The number of oxime groups is 1. The van der Waals surface area contributed by atoms with E-state index in [0.29, 0.717) is 66.6 Å². The summed E-state index contributed by atoms with van der Waals surface area (Å²) in [5, 5.41) is 21.7. The highest BCUT2D eigenvalue weighted by atomic mass is 32.2. The molecule has 1 fully saturated rings. The van der Waals surface area contributed by atoms with E-state index < -0.39 is 10.0 Å². The van der Waals surface area contributed by atoms with Crippen LogP contribution in [0, 0.1) is 5.92 Å². The number of nitrogens with zero attached hydrogens (tertiary/aromatic N) is 4. The van der Waals surface area contributed by atoms with Crippen molar-refractivity contribution in [3.8, 4) is 17.1 Å². The van der Waals surface area contributed by atoms with Gasteiger partial charge in [0.25, 0.3) is 5.56 Å². The summed E-state index contributed by atoms with van der Waals surface area (Å²) in [6.07, 6.45) is 6.60. The van der Waals surface area contributed by atoms with Gasteiger partial charge in [0.1, 0.15) is 22.6 Å². The van der Waals surface area contributed by atoms with Gasteiger partial charge in [-0.05, 0) is 69.6 Å². The number of piperidine rings is 1. The highest BCUT2D eigenvalue weighted by molar-refractivity contribution is 7.89. The number of benzene rings is 1. The topological polar surface area (TPSA) is 150 Å². The zero-order chi connectivity index (χ0) is 29.6. The normalized spacial score (nSPS) is 15.3. The minimum atomic E-state index is -3.80. The largest absolute Gasteiger partial charge is 0.493 e. The molecule has 0 amide bonds. The summed E-state index contributed by atoms with van der Waals surface area (Å²) in [6, 6.07) is 4.71. The Labute approximate surface area is 240 Å². The van der Waals surface area contributed by atoms with Crippen LogP contribution in [0.5, 0.6) is 5.75 Å². The van der Waals surface area contributed by atoms with Gasteiger partial charge in [0.15, 0.2) is 0 Å². The van der Waals surface area contributed by atoms with E-state index >= 15 is 0 Å². The first-order valence-electron chi connectivity index (χ1n) is 14.5. The molecule has 1 aliphatic rings. The minimum Gasteiger partial charge on any atom is -0.493 e. The lowest BCUT2D eigenvalue weighted by atomic mass is 9.93. The maximum absolute atomic E-state index is 13.7. The molecule has 3 heterocycles. The molecule has 0 atom stereocenters. The number of aromatic nitrogens is 3. The molecule has 0 bridgehead atoms. The number of ether oxygens (including phenoxy) is 1. The Balaban J connectivity index is 1.82. The number of rotatable bonds is 13. The molecule has 224 valence electrons. The zero-order valence-corrected chi connectivity index (χ0v) is 24.9. The van der Waals surface area contributed by atoms with Gasteiger partial charge in [-0.25, -0.2) is 13.4 Å². The summed E-state index contributed by atoms with van der Waals surface area (Å²) in [5.74, 6) is 1.05. The molecule has 11 nitrogen and oxygen atoms in total. The quantitative estimate of drug-likeness (QED) is 0.155. The van der Waals surface area contributed by atoms with Gasteiger partial charge in [-0.1, -0.05) is 25.4 Å². The number of aliphatic hydroxyl groups excluding tert-OH is 1. The highest BCUT2D eigenvalue weighted by Gasteiger charge is 2.30. The van der Waals surface area contributed by atoms with Gasteiger partial charge in [-0.2, -0.15) is 4.31 Å². The lowest BCUT2D eigenvalue weighted by Crippen LogP contribution is -2.38. The second-order valence-corrected chi connectivity index (χ2v) is 12.4. The van der Waals surface area contributed by atoms with Crippen LogP contribution >= 0.6 is 0 Å². The van der Waals surface area contributed by atoms with E-state index in [-0.39, 0.29) is 22.9 Å². The van der Waals surface area contributed by atoms with Gasteiger partial charge < -0.3 is 24.6 Å². The molecule has 0 radical (unpaired) electrons. The Morgan fingerprint density at radius 2 is 1.95 bits per heavy atom. The summed E-state index contributed by atoms with van der Waals surface area (Å²) < 4.78 is 36.7. The second kappa shape index (κ2) is 13.6. The SMILES string of the molecule is CCCOc1ccc(S(=O)(=O)N2CCC(CCCO)CC2)cc1-c1nc2c(CCC)c(/C=N/O)n(CC)c2c(=O)[nH]1. The van der Waals surface area contributed by atoms with Crippen molar-refractivity contribution in [3.05, 3.63) is 39.8 Å². The summed E-state index contributed by atoms with van der Waals surface area (Å²) in [7, 11) is -3.80. The van der Waals surface area contributed by atoms with Crippen LogP contribution < -0.4 is 10.3 Å². The Kier molecular flexibility index (Phi) is 10.2. The lowest BCUT2D eigenvalue weighted by molar-refractivity contribution is 0.230. The summed E-state index contributed by atoms with van der Waals surface area (Å²) in [5.41, 5.74) is 2.28. The molecule has 0 unspecified atom stereocenters. The number of nitrogens with one attached hydrogen (secondary N) is 1. The predicted molar refractivity (Wildman–Crippen MR) is 158 cm³/mol. The number of aliphatic hydroxyl groups is 1. The molecular weight excluding hydrogens is 546 g/mol. The minimum absolute atomic E-state index is 0.112. The second-order valence-electron chi connectivity index (χ2n) is 10.4. The third-order valence-corrected chi connectivity index (χ3v) is 9.59. The van der Waals surface area contributed by atoms with Crippen molar-refractivity contribution in [1.82, 2.24) is 18.8 Å². The third-order valence-electron chi connectivity index (χ3n) is 7.70. The maximum Gasteiger partial charge on any atom is 0.275 e. The summed E-state index contributed by atoms with van der Waals surface area (Å²) in [4.78, 5) is 21.3. The van der Waals surface area contributed by atoms with E-state index in [1.165, 1.54) is 16.6 Å². The van der Waals surface area contributed by atoms with Crippen LogP contribution in [0.2, 0.25) is 0 Å². The van der Waals surface area contributed by atoms with Crippen LogP contribution in [0.15, 0.2) is 33.0 Å². The standard InChI is InChI=1S/C29H41N5O6S/c1-4-8-22-24(19-30-37)34(6-3)27-26(22)31-28(32-29(27)36)23-18-21(10-11-25(23)40-17-5-2)41(38,39)33-14-12-20(13-15-33)9-7-16-35/h10-11,18-20,35,37H,4-9,12-17H2,1-3H3,(H,31,32,36)/b30-19+. The van der Waals surface area contributed by atoms with E-state index in [0.717, 1.165) is 44.1 Å². The van der Waals surface area contributed by atoms with Crippen molar-refractivity contribution < 1.29 is 23.5 Å². The van der Waals surface area contributed by atoms with E-state index in [1.54, 1.807) is 16.7 Å². The molecule has 1 aliphatic heterocycles. The lowest BCUT2D eigenvalue weighted by Gasteiger charge is -2.31. The molecule has 2 aromatic heterocycles. The van der Waals surface area contributed by atoms with Crippen molar-refractivity contribution in [1.29, 1.82) is 0 Å². The van der Waals surface area contributed by atoms with Crippen molar-refractivity contribution in [2.75, 3.05) is 26.3 Å². The Bertz CT molecular complexity index is 1540. The first kappa shape index (κ1) is 30.7. The Morgan fingerprint density at radius 1 is 1.20 bits per heavy atom. The molecule has 0 aliphatic carbocycles. The van der Waals surface area contributed by atoms with Gasteiger partial charge in [0, 0.05) is 31.8 Å². The number of aryl methyl sites for hydroxylation is 2. The molecule has 4 rings (SSSR count). The highest BCUT2D eigenvalue weighted by Crippen LogP contribution is 2.34. The Hall–Kier alpha value is -3.22. The third kappa shape index (κ3) is 6.34. The van der Waals surface area contributed by atoms with Gasteiger partial charge in [-0.3, -0.25) is 4.79 Å². The summed E-state index contributed by atoms with van der Waals surface area (Å²) in [6.45, 7) is 7.77. The van der Waals surface area contributed by atoms with Gasteiger partial charge in [-0.15, -0.1) is 0 Å². The number of hydrogen-bond donors (Lipinski definition) is 3. The first-order valence-corrected chi connectivity index (χ1v) is 16.0. The first-order chi connectivity index (χ1) is 19.8. The van der Waals surface area contributed by atoms with E-state index in [1.807, 2.05) is 20.8 Å². The van der Waals surface area contributed by atoms with Crippen LogP contribution in [0.4, 0.5) is 0 Å². The molecule has 3 aromatic rings. The van der Waals surface area contributed by atoms with E-state index in [2.05, 4.69) is 10.1 Å². The Morgan fingerprint density at radius 3 is 2.59 bits per heavy atom. The van der Waals surface area contributed by atoms with Crippen LogP contribution in [0.1, 0.15) is 70.6 Å². The van der Waals surface area contributed by atoms with Crippen molar-refractivity contribution in [2.45, 2.75) is 77.2 Å². The average molecular weight is 588 g/mol. The van der Waals surface area contributed by atoms with E-state index in [9.17, 15) is 18.4 Å². The molecule has 1 aromatic carbocycles. The van der Waals surface area contributed by atoms with E-state index in [4.69, 9.17) is 14.8 Å². The number of fused-ring (bicyclic) bond motifs is 1. The molecule has 1 saturated heterocycles. The van der Waals surface area contributed by atoms with Gasteiger partial charge >= 0.3 is 0 Å². The summed E-state index contributed by atoms with van der Waals surface area (Å²) >= 11 is 0. The molecular formula is C29H41N5O6S. The number of sulfonamides is 1. The number of H-pyrrole nitrogens is 1. The number of hydrogen-bond acceptors (Lipinski definition) is 8. The molecule has 3 N–H and O–H groups in total. The van der Waals surface area contributed by atoms with Crippen molar-refractivity contribution in [3.63, 3.8) is 0 Å². The maximum atomic E-state index is 13.7. The predicted octanol–water partition coefficient (Wildman–Crippen LogP) is 4.13. The zero-order valence-electron chi connectivity index (χ0n) is 24.1. The van der Waals surface area contributed by atoms with Crippen LogP contribution in [0.3, 0.4) is 0 Å². The van der Waals surface area contributed by atoms with Crippen LogP contribution in [-0.2, 0) is 23.0 Å². The van der Waals surface area contributed by atoms with Gasteiger partial charge in [0.2, 0.25) is 10.0 Å². The number of aromatic amines is 1. The molecule has 12 heteroatoms. The molecule has 0 saturated carbocycles. The van der Waals surface area contributed by atoms with Crippen LogP contribution in [-0.4, -0.2) is 70.1 Å². The average Bonchev–Trinajstić information content (AvgIpc) is 3.27. The van der Waals surface area contributed by atoms with Crippen molar-refractivity contribution >= 4 is 27.3 Å². The fourth-order valence-corrected chi connectivity index (χ4v) is 7.14. The van der Waals surface area contributed by atoms with Crippen LogP contribution in [0.25, 0.3) is 22.4 Å². The monoisotopic (exact) mass is 587 g/mol. The smallest absolute Gasteiger partial charge is 0.275 e.